The Kier molecular flexibility index (Phi) is 4.12. The second-order valence-electron chi connectivity index (χ2n) is 4.19. The van der Waals surface area contributed by atoms with Gasteiger partial charge in [-0.25, -0.2) is 0 Å². The zero-order chi connectivity index (χ0) is 13.2. The van der Waals surface area contributed by atoms with Gasteiger partial charge in [-0.1, -0.05) is 6.07 Å². The molecule has 0 heterocycles. The number of hydrogen-bond donors (Lipinski definition) is 2. The lowest BCUT2D eigenvalue weighted by Gasteiger charge is -2.20. The molecule has 0 aliphatic rings. The SMILES string of the molecule is CNC(C(N)=O)c1cc(C)c(OC)c(C)c1C. The van der Waals surface area contributed by atoms with E-state index >= 15 is 0 Å². The largest absolute Gasteiger partial charge is 0.496 e. The van der Waals surface area contributed by atoms with Crippen LogP contribution in [0.4, 0.5) is 0 Å². The number of nitrogens with one attached hydrogen (secondary N) is 1. The van der Waals surface area contributed by atoms with Gasteiger partial charge in [-0.05, 0) is 50.1 Å². The Morgan fingerprint density at radius 1 is 1.35 bits per heavy atom. The van der Waals surface area contributed by atoms with Gasteiger partial charge in [-0.15, -0.1) is 0 Å². The number of likely N-dealkylation sites (N-methyl/N-ethyl adjacent to an activating group) is 1. The molecule has 17 heavy (non-hydrogen) atoms. The van der Waals surface area contributed by atoms with Gasteiger partial charge in [0.25, 0.3) is 0 Å². The third-order valence-corrected chi connectivity index (χ3v) is 3.15. The minimum absolute atomic E-state index is 0.375. The average Bonchev–Trinajstić information content (AvgIpc) is 2.26. The van der Waals surface area contributed by atoms with E-state index in [1.807, 2.05) is 26.8 Å². The zero-order valence-corrected chi connectivity index (χ0v) is 11.0. The summed E-state index contributed by atoms with van der Waals surface area (Å²) >= 11 is 0. The van der Waals surface area contributed by atoms with E-state index in [-0.39, 0.29) is 5.91 Å². The monoisotopic (exact) mass is 236 g/mol. The Hall–Kier alpha value is -1.55. The van der Waals surface area contributed by atoms with Crippen LogP contribution in [0.25, 0.3) is 0 Å². The van der Waals surface area contributed by atoms with Crippen molar-refractivity contribution in [1.82, 2.24) is 5.32 Å². The van der Waals surface area contributed by atoms with Crippen molar-refractivity contribution in [1.29, 1.82) is 0 Å². The van der Waals surface area contributed by atoms with Crippen molar-refractivity contribution in [2.45, 2.75) is 26.8 Å². The fourth-order valence-corrected chi connectivity index (χ4v) is 2.15. The first-order chi connectivity index (χ1) is 7.93. The molecule has 0 saturated carbocycles. The van der Waals surface area contributed by atoms with Gasteiger partial charge < -0.3 is 15.8 Å². The minimum atomic E-state index is -0.460. The number of benzene rings is 1. The van der Waals surface area contributed by atoms with Crippen LogP contribution in [0.3, 0.4) is 0 Å². The van der Waals surface area contributed by atoms with Crippen LogP contribution < -0.4 is 15.8 Å². The molecule has 1 aromatic carbocycles. The lowest BCUT2D eigenvalue weighted by molar-refractivity contribution is -0.120. The normalized spacial score (nSPS) is 12.3. The summed E-state index contributed by atoms with van der Waals surface area (Å²) in [5.74, 6) is 0.491. The molecular weight excluding hydrogens is 216 g/mol. The molecule has 0 bridgehead atoms. The average molecular weight is 236 g/mol. The van der Waals surface area contributed by atoms with E-state index in [4.69, 9.17) is 10.5 Å². The Bertz CT molecular complexity index is 442. The van der Waals surface area contributed by atoms with Gasteiger partial charge in [0.2, 0.25) is 5.91 Å². The van der Waals surface area contributed by atoms with Gasteiger partial charge >= 0.3 is 0 Å². The van der Waals surface area contributed by atoms with E-state index in [0.29, 0.717) is 0 Å². The van der Waals surface area contributed by atoms with Crippen LogP contribution >= 0.6 is 0 Å². The fourth-order valence-electron chi connectivity index (χ4n) is 2.15. The van der Waals surface area contributed by atoms with Gasteiger partial charge in [0.05, 0.1) is 7.11 Å². The molecule has 1 rings (SSSR count). The first-order valence-electron chi connectivity index (χ1n) is 5.55. The first-order valence-corrected chi connectivity index (χ1v) is 5.55. The van der Waals surface area contributed by atoms with Crippen LogP contribution in [0.2, 0.25) is 0 Å². The number of carbonyl (C=O) groups is 1. The number of carbonyl (C=O) groups excluding carboxylic acids is 1. The molecule has 3 N–H and O–H groups in total. The van der Waals surface area contributed by atoms with E-state index in [1.165, 1.54) is 0 Å². The molecule has 0 spiro atoms. The van der Waals surface area contributed by atoms with Gasteiger partial charge in [0, 0.05) is 0 Å². The summed E-state index contributed by atoms with van der Waals surface area (Å²) in [7, 11) is 3.38. The number of rotatable bonds is 4. The smallest absolute Gasteiger partial charge is 0.239 e. The highest BCUT2D eigenvalue weighted by Gasteiger charge is 2.20. The van der Waals surface area contributed by atoms with Crippen LogP contribution in [0.15, 0.2) is 6.07 Å². The Morgan fingerprint density at radius 3 is 2.35 bits per heavy atom. The summed E-state index contributed by atoms with van der Waals surface area (Å²) in [5.41, 5.74) is 9.38. The molecule has 94 valence electrons. The van der Waals surface area contributed by atoms with Crippen molar-refractivity contribution in [2.24, 2.45) is 5.73 Å². The zero-order valence-electron chi connectivity index (χ0n) is 11.0. The van der Waals surface area contributed by atoms with Gasteiger partial charge in [-0.3, -0.25) is 4.79 Å². The molecule has 0 aliphatic heterocycles. The van der Waals surface area contributed by atoms with Gasteiger partial charge in [-0.2, -0.15) is 0 Å². The number of aryl methyl sites for hydroxylation is 1. The Balaban J connectivity index is 3.41. The summed E-state index contributed by atoms with van der Waals surface area (Å²) in [5, 5.41) is 2.94. The predicted octanol–water partition coefficient (Wildman–Crippen LogP) is 1.37. The maximum absolute atomic E-state index is 11.4. The third-order valence-electron chi connectivity index (χ3n) is 3.15. The highest BCUT2D eigenvalue weighted by Crippen LogP contribution is 2.31. The molecule has 0 radical (unpaired) electrons. The highest BCUT2D eigenvalue weighted by atomic mass is 16.5. The number of nitrogens with two attached hydrogens (primary N) is 1. The molecule has 4 heteroatoms. The number of methoxy groups -OCH3 is 1. The summed E-state index contributed by atoms with van der Waals surface area (Å²) < 4.78 is 5.35. The van der Waals surface area contributed by atoms with Crippen LogP contribution in [-0.2, 0) is 4.79 Å². The Morgan fingerprint density at radius 2 is 1.94 bits per heavy atom. The van der Waals surface area contributed by atoms with Crippen LogP contribution in [0, 0.1) is 20.8 Å². The summed E-state index contributed by atoms with van der Waals surface area (Å²) in [6.07, 6.45) is 0. The standard InChI is InChI=1S/C13H20N2O2/c1-7-6-10(11(15-4)13(14)16)8(2)9(3)12(7)17-5/h6,11,15H,1-5H3,(H2,14,16). The number of amides is 1. The van der Waals surface area contributed by atoms with E-state index in [9.17, 15) is 4.79 Å². The molecule has 0 aromatic heterocycles. The predicted molar refractivity (Wildman–Crippen MR) is 68.2 cm³/mol. The summed E-state index contributed by atoms with van der Waals surface area (Å²) in [6.45, 7) is 5.92. The second kappa shape index (κ2) is 5.19. The minimum Gasteiger partial charge on any atom is -0.496 e. The lowest BCUT2D eigenvalue weighted by Crippen LogP contribution is -2.32. The number of hydrogen-bond acceptors (Lipinski definition) is 3. The molecule has 0 fully saturated rings. The van der Waals surface area contributed by atoms with Crippen molar-refractivity contribution in [3.8, 4) is 5.75 Å². The Labute approximate surface area is 102 Å². The topological polar surface area (TPSA) is 64.3 Å². The molecule has 1 unspecified atom stereocenters. The molecular formula is C13H20N2O2. The van der Waals surface area contributed by atoms with Gasteiger partial charge in [0.1, 0.15) is 11.8 Å². The molecule has 4 nitrogen and oxygen atoms in total. The van der Waals surface area contributed by atoms with E-state index in [2.05, 4.69) is 5.32 Å². The molecule has 1 atom stereocenters. The molecule has 1 aromatic rings. The van der Waals surface area contributed by atoms with Gasteiger partial charge in [0.15, 0.2) is 0 Å². The van der Waals surface area contributed by atoms with Crippen molar-refractivity contribution in [2.75, 3.05) is 14.2 Å². The van der Waals surface area contributed by atoms with Crippen LogP contribution in [0.1, 0.15) is 28.3 Å². The third kappa shape index (κ3) is 2.42. The van der Waals surface area contributed by atoms with E-state index in [1.54, 1.807) is 14.2 Å². The molecule has 1 amide bonds. The maximum atomic E-state index is 11.4. The molecule has 0 aliphatic carbocycles. The first kappa shape index (κ1) is 13.5. The second-order valence-corrected chi connectivity index (χ2v) is 4.19. The van der Waals surface area contributed by atoms with E-state index < -0.39 is 6.04 Å². The van der Waals surface area contributed by atoms with E-state index in [0.717, 1.165) is 28.0 Å². The highest BCUT2D eigenvalue weighted by molar-refractivity contribution is 5.82. The van der Waals surface area contributed by atoms with Crippen molar-refractivity contribution < 1.29 is 9.53 Å². The summed E-state index contributed by atoms with van der Waals surface area (Å²) in [4.78, 5) is 11.4. The van der Waals surface area contributed by atoms with Crippen molar-refractivity contribution in [3.63, 3.8) is 0 Å². The quantitative estimate of drug-likeness (QED) is 0.829. The lowest BCUT2D eigenvalue weighted by atomic mass is 9.93. The number of primary amides is 1. The molecule has 0 saturated heterocycles. The fraction of sp³-hybridized carbons (Fsp3) is 0.462. The van der Waals surface area contributed by atoms with Crippen LogP contribution in [-0.4, -0.2) is 20.1 Å². The van der Waals surface area contributed by atoms with Crippen molar-refractivity contribution in [3.05, 3.63) is 28.3 Å². The number of ether oxygens (including phenoxy) is 1. The van der Waals surface area contributed by atoms with Crippen LogP contribution in [0.5, 0.6) is 5.75 Å². The summed E-state index contributed by atoms with van der Waals surface area (Å²) in [6, 6.07) is 1.49. The van der Waals surface area contributed by atoms with Crippen molar-refractivity contribution >= 4 is 5.91 Å². The maximum Gasteiger partial charge on any atom is 0.239 e.